The zero-order valence-corrected chi connectivity index (χ0v) is 16.1. The van der Waals surface area contributed by atoms with Crippen LogP contribution >= 0.6 is 0 Å². The molecule has 1 aliphatic rings. The Kier molecular flexibility index (Phi) is 5.34. The summed E-state index contributed by atoms with van der Waals surface area (Å²) >= 11 is 0. The Bertz CT molecular complexity index is 1040. The summed E-state index contributed by atoms with van der Waals surface area (Å²) in [6, 6.07) is 14.0. The summed E-state index contributed by atoms with van der Waals surface area (Å²) < 4.78 is 0. The van der Waals surface area contributed by atoms with Crippen LogP contribution in [0.25, 0.3) is 0 Å². The van der Waals surface area contributed by atoms with Gasteiger partial charge >= 0.3 is 6.09 Å². The molecule has 1 unspecified atom stereocenters. The SMILES string of the molecule is O=C(O)N1Cc2ccc([N+](=O)[O-])cc2N(Cc2cnc[nH]2)CC1Cc1ccccc1. The summed E-state index contributed by atoms with van der Waals surface area (Å²) in [4.78, 5) is 33.5. The van der Waals surface area contributed by atoms with Gasteiger partial charge in [0.2, 0.25) is 0 Å². The molecular weight excluding hydrogens is 386 g/mol. The molecule has 1 aromatic heterocycles. The van der Waals surface area contributed by atoms with Crippen LogP contribution in [0, 0.1) is 10.1 Å². The molecule has 4 rings (SSSR count). The fourth-order valence-electron chi connectivity index (χ4n) is 3.87. The highest BCUT2D eigenvalue weighted by Crippen LogP contribution is 2.32. The van der Waals surface area contributed by atoms with Crippen molar-refractivity contribution < 1.29 is 14.8 Å². The highest BCUT2D eigenvalue weighted by Gasteiger charge is 2.32. The molecule has 1 atom stereocenters. The number of nitro benzene ring substituents is 1. The summed E-state index contributed by atoms with van der Waals surface area (Å²) in [5.74, 6) is 0. The van der Waals surface area contributed by atoms with Gasteiger partial charge in [0.05, 0.1) is 36.1 Å². The van der Waals surface area contributed by atoms with Crippen LogP contribution in [0.4, 0.5) is 16.2 Å². The third-order valence-corrected chi connectivity index (χ3v) is 5.31. The summed E-state index contributed by atoms with van der Waals surface area (Å²) in [7, 11) is 0. The van der Waals surface area contributed by atoms with Gasteiger partial charge in [0.25, 0.3) is 5.69 Å². The van der Waals surface area contributed by atoms with E-state index in [1.165, 1.54) is 17.0 Å². The van der Waals surface area contributed by atoms with Gasteiger partial charge in [-0.2, -0.15) is 0 Å². The molecule has 0 spiro atoms. The summed E-state index contributed by atoms with van der Waals surface area (Å²) in [6.45, 7) is 1.00. The van der Waals surface area contributed by atoms with E-state index in [2.05, 4.69) is 9.97 Å². The van der Waals surface area contributed by atoms with Crippen LogP contribution in [0.1, 0.15) is 16.8 Å². The van der Waals surface area contributed by atoms with Gasteiger partial charge < -0.3 is 15.0 Å². The Balaban J connectivity index is 1.74. The monoisotopic (exact) mass is 407 g/mol. The quantitative estimate of drug-likeness (QED) is 0.494. The second-order valence-corrected chi connectivity index (χ2v) is 7.28. The molecule has 30 heavy (non-hydrogen) atoms. The van der Waals surface area contributed by atoms with Crippen molar-refractivity contribution in [3.05, 3.63) is 88.0 Å². The smallest absolute Gasteiger partial charge is 0.407 e. The number of nitro groups is 1. The molecule has 2 heterocycles. The van der Waals surface area contributed by atoms with Crippen molar-refractivity contribution in [3.63, 3.8) is 0 Å². The van der Waals surface area contributed by atoms with Crippen LogP contribution in [-0.4, -0.2) is 43.6 Å². The van der Waals surface area contributed by atoms with Crippen molar-refractivity contribution in [2.24, 2.45) is 0 Å². The molecule has 9 heteroatoms. The number of imidazole rings is 1. The molecule has 0 radical (unpaired) electrons. The van der Waals surface area contributed by atoms with Gasteiger partial charge in [-0.15, -0.1) is 0 Å². The summed E-state index contributed by atoms with van der Waals surface area (Å²) in [5, 5.41) is 21.2. The van der Waals surface area contributed by atoms with E-state index >= 15 is 0 Å². The normalized spacial score (nSPS) is 16.1. The second-order valence-electron chi connectivity index (χ2n) is 7.28. The number of anilines is 1. The fourth-order valence-corrected chi connectivity index (χ4v) is 3.87. The van der Waals surface area contributed by atoms with Crippen LogP contribution < -0.4 is 4.90 Å². The minimum atomic E-state index is -1.01. The lowest BCUT2D eigenvalue weighted by atomic mass is 10.0. The Hall–Kier alpha value is -3.88. The topological polar surface area (TPSA) is 116 Å². The number of hydrogen-bond acceptors (Lipinski definition) is 5. The van der Waals surface area contributed by atoms with Crippen molar-refractivity contribution in [1.82, 2.24) is 14.9 Å². The maximum absolute atomic E-state index is 12.1. The molecule has 0 aliphatic carbocycles. The number of amides is 1. The Morgan fingerprint density at radius 2 is 2.07 bits per heavy atom. The third-order valence-electron chi connectivity index (χ3n) is 5.31. The first-order valence-electron chi connectivity index (χ1n) is 9.54. The molecule has 1 aliphatic heterocycles. The second kappa shape index (κ2) is 8.24. The Labute approximate surface area is 172 Å². The third kappa shape index (κ3) is 4.09. The largest absolute Gasteiger partial charge is 0.465 e. The van der Waals surface area contributed by atoms with Crippen molar-refractivity contribution in [3.8, 4) is 0 Å². The lowest BCUT2D eigenvalue weighted by Crippen LogP contribution is -2.45. The van der Waals surface area contributed by atoms with Crippen molar-refractivity contribution in [2.45, 2.75) is 25.6 Å². The Morgan fingerprint density at radius 1 is 1.27 bits per heavy atom. The van der Waals surface area contributed by atoms with Gasteiger partial charge in [-0.1, -0.05) is 30.3 Å². The van der Waals surface area contributed by atoms with E-state index in [0.29, 0.717) is 25.2 Å². The molecule has 0 saturated carbocycles. The highest BCUT2D eigenvalue weighted by molar-refractivity contribution is 5.68. The minimum absolute atomic E-state index is 0.0215. The molecule has 154 valence electrons. The molecule has 2 aromatic carbocycles. The number of H-pyrrole nitrogens is 1. The predicted octanol–water partition coefficient (Wildman–Crippen LogP) is 3.43. The van der Waals surface area contributed by atoms with E-state index in [0.717, 1.165) is 16.8 Å². The number of benzene rings is 2. The number of hydrogen-bond donors (Lipinski definition) is 2. The van der Waals surface area contributed by atoms with E-state index in [1.807, 2.05) is 35.2 Å². The van der Waals surface area contributed by atoms with Crippen molar-refractivity contribution in [2.75, 3.05) is 11.4 Å². The number of fused-ring (bicyclic) bond motifs is 1. The maximum atomic E-state index is 12.1. The van der Waals surface area contributed by atoms with Crippen molar-refractivity contribution >= 4 is 17.5 Å². The van der Waals surface area contributed by atoms with Gasteiger partial charge in [0.15, 0.2) is 0 Å². The standard InChI is InChI=1S/C21H21N5O4/c27-21(28)25-11-16-6-7-18(26(29)30)9-20(16)24(12-17-10-22-14-23-17)13-19(25)8-15-4-2-1-3-5-15/h1-7,9-10,14,19H,8,11-13H2,(H,22,23)(H,27,28). The van der Waals surface area contributed by atoms with Gasteiger partial charge in [-0.05, 0) is 23.6 Å². The lowest BCUT2D eigenvalue weighted by molar-refractivity contribution is -0.384. The van der Waals surface area contributed by atoms with Gasteiger partial charge in [0.1, 0.15) is 0 Å². The molecule has 3 aromatic rings. The van der Waals surface area contributed by atoms with E-state index in [9.17, 15) is 20.0 Å². The number of carboxylic acid groups (broad SMARTS) is 1. The lowest BCUT2D eigenvalue weighted by Gasteiger charge is -2.31. The Morgan fingerprint density at radius 3 is 2.73 bits per heavy atom. The number of aromatic amines is 1. The molecular formula is C21H21N5O4. The minimum Gasteiger partial charge on any atom is -0.465 e. The zero-order chi connectivity index (χ0) is 21.1. The molecule has 0 fully saturated rings. The number of nitrogens with zero attached hydrogens (tertiary/aromatic N) is 4. The average molecular weight is 407 g/mol. The summed E-state index contributed by atoms with van der Waals surface area (Å²) in [5.41, 5.74) is 3.26. The number of aromatic nitrogens is 2. The average Bonchev–Trinajstić information content (AvgIpc) is 3.19. The van der Waals surface area contributed by atoms with E-state index in [4.69, 9.17) is 0 Å². The van der Waals surface area contributed by atoms with Crippen LogP contribution in [0.15, 0.2) is 61.1 Å². The molecule has 9 nitrogen and oxygen atoms in total. The maximum Gasteiger partial charge on any atom is 0.407 e. The molecule has 0 saturated heterocycles. The number of non-ortho nitro benzene ring substituents is 1. The number of rotatable bonds is 5. The van der Waals surface area contributed by atoms with Crippen LogP contribution in [-0.2, 0) is 19.5 Å². The molecule has 2 N–H and O–H groups in total. The van der Waals surface area contributed by atoms with Gasteiger partial charge in [-0.3, -0.25) is 15.0 Å². The highest BCUT2D eigenvalue weighted by atomic mass is 16.6. The predicted molar refractivity (Wildman–Crippen MR) is 110 cm³/mol. The first-order chi connectivity index (χ1) is 14.5. The first kappa shape index (κ1) is 19.4. The van der Waals surface area contributed by atoms with Crippen molar-refractivity contribution in [1.29, 1.82) is 0 Å². The van der Waals surface area contributed by atoms with E-state index in [1.54, 1.807) is 18.6 Å². The van der Waals surface area contributed by atoms with Gasteiger partial charge in [-0.25, -0.2) is 9.78 Å². The zero-order valence-electron chi connectivity index (χ0n) is 16.1. The molecule has 0 bridgehead atoms. The summed E-state index contributed by atoms with van der Waals surface area (Å²) in [6.07, 6.45) is 2.81. The fraction of sp³-hybridized carbons (Fsp3) is 0.238. The van der Waals surface area contributed by atoms with E-state index < -0.39 is 11.0 Å². The number of carbonyl (C=O) groups is 1. The van der Waals surface area contributed by atoms with Crippen LogP contribution in [0.3, 0.4) is 0 Å². The molecule has 1 amide bonds. The first-order valence-corrected chi connectivity index (χ1v) is 9.54. The van der Waals surface area contributed by atoms with Crippen LogP contribution in [0.2, 0.25) is 0 Å². The van der Waals surface area contributed by atoms with E-state index in [-0.39, 0.29) is 18.3 Å². The van der Waals surface area contributed by atoms with Crippen LogP contribution in [0.5, 0.6) is 0 Å². The van der Waals surface area contributed by atoms with Gasteiger partial charge in [0, 0.05) is 30.6 Å². The number of nitrogens with one attached hydrogen (secondary N) is 1.